The van der Waals surface area contributed by atoms with Gasteiger partial charge in [-0.1, -0.05) is 0 Å². The van der Waals surface area contributed by atoms with Crippen molar-refractivity contribution in [1.29, 1.82) is 0 Å². The second-order valence-corrected chi connectivity index (χ2v) is 5.72. The topological polar surface area (TPSA) is 179 Å². The number of carbonyl (C=O) groups excluding carboxylic acids is 4. The van der Waals surface area contributed by atoms with Gasteiger partial charge in [0.1, 0.15) is 0 Å². The predicted octanol–water partition coefficient (Wildman–Crippen LogP) is -0.997. The molecule has 2 aliphatic rings. The number of unbranched alkanes of at least 4 members (excludes halogenated alkanes) is 1. The molecule has 4 amide bonds. The Balaban J connectivity index is 1.95. The first kappa shape index (κ1) is 18.9. The third-order valence-corrected chi connectivity index (χ3v) is 4.00. The van der Waals surface area contributed by atoms with E-state index in [2.05, 4.69) is 0 Å². The van der Waals surface area contributed by atoms with Gasteiger partial charge in [0.25, 0.3) is 23.6 Å². The van der Waals surface area contributed by atoms with E-state index in [4.69, 9.17) is 0 Å². The summed E-state index contributed by atoms with van der Waals surface area (Å²) in [5, 5.41) is 26.1. The van der Waals surface area contributed by atoms with Gasteiger partial charge in [0.05, 0.1) is 11.1 Å². The van der Waals surface area contributed by atoms with Crippen LogP contribution in [0.15, 0.2) is 23.3 Å². The smallest absolute Gasteiger partial charge is 0.261 e. The summed E-state index contributed by atoms with van der Waals surface area (Å²) in [4.78, 5) is 66.1. The number of hydrogen-bond donors (Lipinski definition) is 2. The summed E-state index contributed by atoms with van der Waals surface area (Å²) < 4.78 is 0. The predicted molar refractivity (Wildman–Crippen MR) is 82.5 cm³/mol. The van der Waals surface area contributed by atoms with E-state index in [1.165, 1.54) is 0 Å². The zero-order valence-electron chi connectivity index (χ0n) is 13.3. The van der Waals surface area contributed by atoms with Crippen LogP contribution in [-0.2, 0) is 19.2 Å². The van der Waals surface area contributed by atoms with E-state index >= 15 is 0 Å². The maximum Gasteiger partial charge on any atom is 0.261 e. The monoisotopic (exact) mass is 366 g/mol. The molecule has 26 heavy (non-hydrogen) atoms. The molecular formula is C14H14N4O8. The second kappa shape index (κ2) is 7.63. The highest BCUT2D eigenvalue weighted by atomic mass is 16.6. The Morgan fingerprint density at radius 2 is 1.12 bits per heavy atom. The quantitative estimate of drug-likeness (QED) is 0.226. The molecule has 2 unspecified atom stereocenters. The molecule has 0 spiro atoms. The molecule has 0 radical (unpaired) electrons. The molecule has 138 valence electrons. The van der Waals surface area contributed by atoms with Crippen molar-refractivity contribution in [1.82, 2.24) is 10.6 Å². The average molecular weight is 366 g/mol. The van der Waals surface area contributed by atoms with Gasteiger partial charge in [0.15, 0.2) is 0 Å². The van der Waals surface area contributed by atoms with Crippen molar-refractivity contribution in [3.63, 3.8) is 0 Å². The Labute approximate surface area is 145 Å². The molecule has 0 fully saturated rings. The van der Waals surface area contributed by atoms with E-state index in [0.29, 0.717) is 0 Å². The number of imide groups is 2. The fourth-order valence-electron chi connectivity index (χ4n) is 2.77. The highest BCUT2D eigenvalue weighted by Gasteiger charge is 2.37. The Bertz CT molecular complexity index is 705. The first-order chi connectivity index (χ1) is 12.2. The minimum absolute atomic E-state index is 0.103. The minimum Gasteiger partial charge on any atom is -0.289 e. The molecule has 12 heteroatoms. The van der Waals surface area contributed by atoms with Crippen molar-refractivity contribution in [2.24, 2.45) is 0 Å². The van der Waals surface area contributed by atoms with Gasteiger partial charge in [0, 0.05) is 34.8 Å². The van der Waals surface area contributed by atoms with Crippen LogP contribution in [0.5, 0.6) is 0 Å². The lowest BCUT2D eigenvalue weighted by Crippen LogP contribution is -2.31. The highest BCUT2D eigenvalue weighted by Crippen LogP contribution is 2.21. The first-order valence-electron chi connectivity index (χ1n) is 7.61. The standard InChI is InChI=1S/C14H14N4O8/c19-11-5-7(13(21)15-11)9(17(23)24)3-1-2-4-10(18(25)26)8-6-12(20)16-14(8)22/h5-6,9-10H,1-4H2,(H,15,19,21)(H,16,20,22). The highest BCUT2D eigenvalue weighted by molar-refractivity contribution is 6.17. The third-order valence-electron chi connectivity index (χ3n) is 4.00. The molecule has 0 saturated heterocycles. The number of nitro groups is 2. The molecule has 2 atom stereocenters. The summed E-state index contributed by atoms with van der Waals surface area (Å²) >= 11 is 0. The Morgan fingerprint density at radius 1 is 0.769 bits per heavy atom. The molecule has 2 heterocycles. The summed E-state index contributed by atoms with van der Waals surface area (Å²) in [7, 11) is 0. The van der Waals surface area contributed by atoms with Crippen LogP contribution in [-0.4, -0.2) is 45.6 Å². The van der Waals surface area contributed by atoms with Gasteiger partial charge in [-0.25, -0.2) is 0 Å². The zero-order valence-corrected chi connectivity index (χ0v) is 13.3. The van der Waals surface area contributed by atoms with Crippen LogP contribution in [0.2, 0.25) is 0 Å². The fraction of sp³-hybridized carbons (Fsp3) is 0.429. The Kier molecular flexibility index (Phi) is 5.54. The van der Waals surface area contributed by atoms with Gasteiger partial charge < -0.3 is 0 Å². The number of nitrogens with one attached hydrogen (secondary N) is 2. The SMILES string of the molecule is O=C1C=C(C(CCCCC(C2=CC(=O)NC2=O)[N+](=O)[O-])[N+](=O)[O-])C(=O)N1. The maximum absolute atomic E-state index is 11.5. The van der Waals surface area contributed by atoms with E-state index in [9.17, 15) is 39.4 Å². The van der Waals surface area contributed by atoms with Crippen molar-refractivity contribution < 1.29 is 29.0 Å². The lowest BCUT2D eigenvalue weighted by Gasteiger charge is -2.11. The largest absolute Gasteiger partial charge is 0.289 e. The van der Waals surface area contributed by atoms with Gasteiger partial charge in [-0.3, -0.25) is 50.0 Å². The summed E-state index contributed by atoms with van der Waals surface area (Å²) in [6.07, 6.45) is 1.83. The van der Waals surface area contributed by atoms with Crippen LogP contribution in [0, 0.1) is 20.2 Å². The van der Waals surface area contributed by atoms with Crippen molar-refractivity contribution in [3.8, 4) is 0 Å². The van der Waals surface area contributed by atoms with Gasteiger partial charge >= 0.3 is 0 Å². The van der Waals surface area contributed by atoms with E-state index in [1.807, 2.05) is 10.6 Å². The number of carbonyl (C=O) groups is 4. The van der Waals surface area contributed by atoms with Crippen molar-refractivity contribution >= 4 is 23.6 Å². The summed E-state index contributed by atoms with van der Waals surface area (Å²) in [6.45, 7) is 0. The first-order valence-corrected chi connectivity index (χ1v) is 7.61. The lowest BCUT2D eigenvalue weighted by molar-refractivity contribution is -0.514. The summed E-state index contributed by atoms with van der Waals surface area (Å²) in [5.74, 6) is -3.11. The van der Waals surface area contributed by atoms with Crippen LogP contribution < -0.4 is 10.6 Å². The van der Waals surface area contributed by atoms with E-state index in [0.717, 1.165) is 12.2 Å². The minimum atomic E-state index is -1.40. The summed E-state index contributed by atoms with van der Waals surface area (Å²) in [5.41, 5.74) is -0.511. The Morgan fingerprint density at radius 3 is 1.35 bits per heavy atom. The number of amides is 4. The molecule has 0 aromatic heterocycles. The normalized spacial score (nSPS) is 18.8. The molecule has 0 aromatic rings. The Hall–Kier alpha value is -3.44. The molecular weight excluding hydrogens is 352 g/mol. The third kappa shape index (κ3) is 4.15. The average Bonchev–Trinajstić information content (AvgIpc) is 3.03. The van der Waals surface area contributed by atoms with E-state index < -0.39 is 45.6 Å². The van der Waals surface area contributed by atoms with E-state index in [1.54, 1.807) is 0 Å². The van der Waals surface area contributed by atoms with Crippen LogP contribution in [0.4, 0.5) is 0 Å². The number of nitrogens with zero attached hydrogens (tertiary/aromatic N) is 2. The van der Waals surface area contributed by atoms with Gasteiger partial charge in [-0.15, -0.1) is 0 Å². The molecule has 12 nitrogen and oxygen atoms in total. The second-order valence-electron chi connectivity index (χ2n) is 5.72. The molecule has 0 saturated carbocycles. The van der Waals surface area contributed by atoms with Crippen LogP contribution in [0.25, 0.3) is 0 Å². The molecule has 2 aliphatic heterocycles. The van der Waals surface area contributed by atoms with Crippen LogP contribution in [0.1, 0.15) is 25.7 Å². The molecule has 0 bridgehead atoms. The number of rotatable bonds is 9. The van der Waals surface area contributed by atoms with Gasteiger partial charge in [-0.2, -0.15) is 0 Å². The lowest BCUT2D eigenvalue weighted by atomic mass is 9.97. The van der Waals surface area contributed by atoms with Crippen LogP contribution >= 0.6 is 0 Å². The van der Waals surface area contributed by atoms with Crippen molar-refractivity contribution in [2.75, 3.05) is 0 Å². The van der Waals surface area contributed by atoms with Crippen molar-refractivity contribution in [3.05, 3.63) is 43.5 Å². The number of hydrogen-bond acceptors (Lipinski definition) is 8. The fourth-order valence-corrected chi connectivity index (χ4v) is 2.77. The maximum atomic E-state index is 11.5. The van der Waals surface area contributed by atoms with Gasteiger partial charge in [-0.05, 0) is 12.8 Å². The summed E-state index contributed by atoms with van der Waals surface area (Å²) in [6, 6.07) is -2.79. The van der Waals surface area contributed by atoms with Crippen molar-refractivity contribution in [2.45, 2.75) is 37.8 Å². The van der Waals surface area contributed by atoms with E-state index in [-0.39, 0.29) is 36.8 Å². The molecule has 0 aliphatic carbocycles. The van der Waals surface area contributed by atoms with Crippen LogP contribution in [0.3, 0.4) is 0 Å². The molecule has 0 aromatic carbocycles. The zero-order chi connectivity index (χ0) is 19.4. The van der Waals surface area contributed by atoms with Gasteiger partial charge in [0.2, 0.25) is 12.1 Å². The molecule has 2 N–H and O–H groups in total. The molecule has 2 rings (SSSR count).